The van der Waals surface area contributed by atoms with Crippen molar-refractivity contribution in [2.24, 2.45) is 0 Å². The zero-order valence-electron chi connectivity index (χ0n) is 22.1. The van der Waals surface area contributed by atoms with Crippen LogP contribution in [0, 0.1) is 6.92 Å². The number of carbonyl (C=O) groups excluding carboxylic acids is 2. The van der Waals surface area contributed by atoms with Crippen molar-refractivity contribution in [1.82, 2.24) is 4.98 Å². The number of methoxy groups -OCH3 is 1. The molecule has 2 heterocycles. The Morgan fingerprint density at radius 2 is 1.69 bits per heavy atom. The molecule has 39 heavy (non-hydrogen) atoms. The van der Waals surface area contributed by atoms with E-state index in [0.717, 1.165) is 10.3 Å². The molecule has 1 atom stereocenters. The van der Waals surface area contributed by atoms with E-state index >= 15 is 0 Å². The molecule has 1 aliphatic heterocycles. The number of hydrogen-bond donors (Lipinski definition) is 1. The number of rotatable bonds is 8. The lowest BCUT2D eigenvalue weighted by Crippen LogP contribution is -2.29. The van der Waals surface area contributed by atoms with Crippen LogP contribution in [0.5, 0.6) is 17.2 Å². The van der Waals surface area contributed by atoms with Gasteiger partial charge < -0.3 is 19.3 Å². The van der Waals surface area contributed by atoms with Crippen molar-refractivity contribution in [3.63, 3.8) is 0 Å². The maximum atomic E-state index is 13.6. The van der Waals surface area contributed by atoms with E-state index in [1.165, 1.54) is 16.2 Å². The van der Waals surface area contributed by atoms with E-state index in [0.29, 0.717) is 52.2 Å². The molecule has 1 aliphatic rings. The third kappa shape index (κ3) is 4.81. The topological polar surface area (TPSA) is 98.2 Å². The summed E-state index contributed by atoms with van der Waals surface area (Å²) in [5.41, 5.74) is 2.66. The summed E-state index contributed by atoms with van der Waals surface area (Å²) in [6, 6.07) is 16.9. The molecule has 1 aromatic heterocycles. The number of benzene rings is 3. The van der Waals surface area contributed by atoms with E-state index in [2.05, 4.69) is 4.98 Å². The Bertz CT molecular complexity index is 1590. The van der Waals surface area contributed by atoms with Gasteiger partial charge in [-0.1, -0.05) is 47.2 Å². The highest BCUT2D eigenvalue weighted by atomic mass is 32.1. The van der Waals surface area contributed by atoms with Crippen molar-refractivity contribution in [2.75, 3.05) is 25.2 Å². The molecular weight excluding hydrogens is 516 g/mol. The van der Waals surface area contributed by atoms with Gasteiger partial charge in [-0.2, -0.15) is 0 Å². The van der Waals surface area contributed by atoms with Crippen molar-refractivity contribution in [1.29, 1.82) is 0 Å². The number of thiazole rings is 1. The average Bonchev–Trinajstić information content (AvgIpc) is 3.47. The number of ketones is 1. The van der Waals surface area contributed by atoms with E-state index in [1.54, 1.807) is 49.6 Å². The number of anilines is 1. The first kappa shape index (κ1) is 26.2. The predicted octanol–water partition coefficient (Wildman–Crippen LogP) is 6.04. The molecule has 8 nitrogen and oxygen atoms in total. The van der Waals surface area contributed by atoms with Gasteiger partial charge in [0.25, 0.3) is 5.78 Å². The normalized spacial score (nSPS) is 16.6. The number of ether oxygens (including phenoxy) is 3. The van der Waals surface area contributed by atoms with Crippen LogP contribution in [0.25, 0.3) is 16.0 Å². The van der Waals surface area contributed by atoms with Crippen LogP contribution < -0.4 is 19.1 Å². The second kappa shape index (κ2) is 10.8. The van der Waals surface area contributed by atoms with Crippen LogP contribution in [-0.4, -0.2) is 42.1 Å². The summed E-state index contributed by atoms with van der Waals surface area (Å²) in [5.74, 6) is -0.134. The molecule has 1 N–H and O–H groups in total. The second-order valence-corrected chi connectivity index (χ2v) is 9.95. The summed E-state index contributed by atoms with van der Waals surface area (Å²) in [6.45, 7) is 6.51. The van der Waals surface area contributed by atoms with E-state index in [4.69, 9.17) is 14.2 Å². The minimum Gasteiger partial charge on any atom is -0.507 e. The zero-order valence-corrected chi connectivity index (χ0v) is 22.9. The van der Waals surface area contributed by atoms with Gasteiger partial charge >= 0.3 is 5.91 Å². The number of fused-ring (bicyclic) bond motifs is 1. The molecular formula is C30H28N2O6S. The quantitative estimate of drug-likeness (QED) is 0.164. The Labute approximate surface area is 230 Å². The number of Topliss-reactive ketones (excluding diaryl/α,β-unsaturated/α-hetero) is 1. The van der Waals surface area contributed by atoms with E-state index in [1.807, 2.05) is 39.0 Å². The number of aliphatic hydroxyl groups is 1. The van der Waals surface area contributed by atoms with Gasteiger partial charge in [0, 0.05) is 5.56 Å². The molecule has 1 amide bonds. The largest absolute Gasteiger partial charge is 0.507 e. The standard InChI is InChI=1S/C30H28N2O6S/c1-5-37-22-14-11-19(15-23(22)38-6-2)26-25(27(33)18-9-7-17(3)8-10-18)28(34)29(35)32(26)30-31-21-13-12-20(36-4)16-24(21)39-30/h7-16,26,33H,5-6H2,1-4H3/b27-25+. The van der Waals surface area contributed by atoms with Crippen LogP contribution in [0.1, 0.15) is 36.6 Å². The highest BCUT2D eigenvalue weighted by molar-refractivity contribution is 7.22. The van der Waals surface area contributed by atoms with Crippen molar-refractivity contribution >= 4 is 44.1 Å². The van der Waals surface area contributed by atoms with E-state index in [9.17, 15) is 14.7 Å². The van der Waals surface area contributed by atoms with Gasteiger partial charge in [-0.15, -0.1) is 0 Å². The first-order valence-electron chi connectivity index (χ1n) is 12.6. The van der Waals surface area contributed by atoms with Crippen LogP contribution in [0.2, 0.25) is 0 Å². The Morgan fingerprint density at radius 3 is 2.38 bits per heavy atom. The van der Waals surface area contributed by atoms with Crippen molar-refractivity contribution in [3.05, 3.63) is 82.9 Å². The van der Waals surface area contributed by atoms with Crippen LogP contribution in [-0.2, 0) is 9.59 Å². The Hall–Kier alpha value is -4.37. The van der Waals surface area contributed by atoms with E-state index in [-0.39, 0.29) is 11.3 Å². The molecule has 0 bridgehead atoms. The van der Waals surface area contributed by atoms with Crippen LogP contribution in [0.3, 0.4) is 0 Å². The molecule has 3 aromatic carbocycles. The maximum absolute atomic E-state index is 13.6. The van der Waals surface area contributed by atoms with Crippen molar-refractivity contribution in [2.45, 2.75) is 26.8 Å². The maximum Gasteiger partial charge on any atom is 0.301 e. The van der Waals surface area contributed by atoms with Gasteiger partial charge in [0.15, 0.2) is 16.6 Å². The summed E-state index contributed by atoms with van der Waals surface area (Å²) in [5, 5.41) is 11.7. The van der Waals surface area contributed by atoms with E-state index < -0.39 is 17.7 Å². The minimum absolute atomic E-state index is 0.0210. The highest BCUT2D eigenvalue weighted by Crippen LogP contribution is 2.46. The summed E-state index contributed by atoms with van der Waals surface area (Å²) in [4.78, 5) is 33.2. The summed E-state index contributed by atoms with van der Waals surface area (Å²) in [6.07, 6.45) is 0. The van der Waals surface area contributed by atoms with Gasteiger partial charge in [0.1, 0.15) is 11.5 Å². The minimum atomic E-state index is -0.941. The monoisotopic (exact) mass is 544 g/mol. The van der Waals surface area contributed by atoms with Gasteiger partial charge in [0.2, 0.25) is 0 Å². The molecule has 9 heteroatoms. The number of aryl methyl sites for hydroxylation is 1. The summed E-state index contributed by atoms with van der Waals surface area (Å²) < 4.78 is 17.7. The molecule has 4 aromatic rings. The highest BCUT2D eigenvalue weighted by Gasteiger charge is 2.48. The SMILES string of the molecule is CCOc1ccc(C2/C(=C(\O)c3ccc(C)cc3)C(=O)C(=O)N2c2nc3ccc(OC)cc3s2)cc1OCC. The number of aliphatic hydroxyl groups excluding tert-OH is 1. The molecule has 0 saturated carbocycles. The zero-order chi connectivity index (χ0) is 27.7. The Balaban J connectivity index is 1.72. The summed E-state index contributed by atoms with van der Waals surface area (Å²) >= 11 is 1.27. The Kier molecular flexibility index (Phi) is 7.26. The lowest BCUT2D eigenvalue weighted by Gasteiger charge is -2.24. The average molecular weight is 545 g/mol. The molecule has 1 unspecified atom stereocenters. The second-order valence-electron chi connectivity index (χ2n) is 8.94. The van der Waals surface area contributed by atoms with Gasteiger partial charge in [-0.25, -0.2) is 4.98 Å². The fourth-order valence-electron chi connectivity index (χ4n) is 4.57. The third-order valence-corrected chi connectivity index (χ3v) is 7.46. The number of nitrogens with zero attached hydrogens (tertiary/aromatic N) is 2. The lowest BCUT2D eigenvalue weighted by atomic mass is 9.95. The first-order valence-corrected chi connectivity index (χ1v) is 13.4. The van der Waals surface area contributed by atoms with Crippen LogP contribution in [0.4, 0.5) is 5.13 Å². The van der Waals surface area contributed by atoms with Crippen molar-refractivity contribution in [3.8, 4) is 17.2 Å². The van der Waals surface area contributed by atoms with Crippen molar-refractivity contribution < 1.29 is 28.9 Å². The van der Waals surface area contributed by atoms with Gasteiger partial charge in [0.05, 0.1) is 42.2 Å². The van der Waals surface area contributed by atoms with Crippen LogP contribution in [0.15, 0.2) is 66.2 Å². The molecule has 5 rings (SSSR count). The molecule has 200 valence electrons. The fraction of sp³-hybridized carbons (Fsp3) is 0.233. The molecule has 0 radical (unpaired) electrons. The lowest BCUT2D eigenvalue weighted by molar-refractivity contribution is -0.132. The number of carbonyl (C=O) groups is 2. The molecule has 1 saturated heterocycles. The van der Waals surface area contributed by atoms with Crippen LogP contribution >= 0.6 is 11.3 Å². The van der Waals surface area contributed by atoms with Gasteiger partial charge in [-0.05, 0) is 56.7 Å². The fourth-order valence-corrected chi connectivity index (χ4v) is 5.59. The Morgan fingerprint density at radius 1 is 0.974 bits per heavy atom. The smallest absolute Gasteiger partial charge is 0.301 e. The number of hydrogen-bond acceptors (Lipinski definition) is 8. The predicted molar refractivity (Wildman–Crippen MR) is 151 cm³/mol. The third-order valence-electron chi connectivity index (χ3n) is 6.44. The molecule has 1 fully saturated rings. The van der Waals surface area contributed by atoms with Gasteiger partial charge in [-0.3, -0.25) is 14.5 Å². The number of aromatic nitrogens is 1. The first-order chi connectivity index (χ1) is 18.9. The number of amides is 1. The molecule has 0 aliphatic carbocycles. The summed E-state index contributed by atoms with van der Waals surface area (Å²) in [7, 11) is 1.58. The molecule has 0 spiro atoms.